The smallest absolute Gasteiger partial charge is 0.256 e. The summed E-state index contributed by atoms with van der Waals surface area (Å²) in [7, 11) is 0. The number of carbonyl (C=O) groups excluding carboxylic acids is 1. The van der Waals surface area contributed by atoms with Gasteiger partial charge in [-0.1, -0.05) is 11.6 Å². The Hall–Kier alpha value is -1.13. The van der Waals surface area contributed by atoms with Crippen LogP contribution < -0.4 is 5.73 Å². The number of hydrogen-bond acceptors (Lipinski definition) is 2. The van der Waals surface area contributed by atoms with E-state index in [1.807, 2.05) is 0 Å². The van der Waals surface area contributed by atoms with Gasteiger partial charge in [0.25, 0.3) is 5.91 Å². The Kier molecular flexibility index (Phi) is 4.77. The van der Waals surface area contributed by atoms with E-state index in [9.17, 15) is 9.18 Å². The van der Waals surface area contributed by atoms with E-state index >= 15 is 0 Å². The Morgan fingerprint density at radius 3 is 3.05 bits per heavy atom. The molecular formula is C14H18ClFN2O. The van der Waals surface area contributed by atoms with Gasteiger partial charge in [0.05, 0.1) is 5.56 Å². The summed E-state index contributed by atoms with van der Waals surface area (Å²) in [5.41, 5.74) is 5.61. The van der Waals surface area contributed by atoms with Crippen LogP contribution >= 0.6 is 11.6 Å². The number of nitrogens with two attached hydrogens (primary N) is 1. The first-order valence-corrected chi connectivity index (χ1v) is 6.94. The molecule has 0 radical (unpaired) electrons. The maximum absolute atomic E-state index is 13.7. The Morgan fingerprint density at radius 2 is 2.32 bits per heavy atom. The molecular weight excluding hydrogens is 267 g/mol. The highest BCUT2D eigenvalue weighted by atomic mass is 35.5. The third-order valence-electron chi connectivity index (χ3n) is 3.54. The molecule has 1 saturated heterocycles. The molecule has 0 saturated carbocycles. The molecule has 1 unspecified atom stereocenters. The minimum absolute atomic E-state index is 0.0564. The fourth-order valence-electron chi connectivity index (χ4n) is 2.55. The first-order chi connectivity index (χ1) is 9.11. The van der Waals surface area contributed by atoms with Gasteiger partial charge in [0.15, 0.2) is 0 Å². The van der Waals surface area contributed by atoms with E-state index in [2.05, 4.69) is 0 Å². The number of rotatable bonds is 3. The van der Waals surface area contributed by atoms with Crippen LogP contribution in [0.15, 0.2) is 18.2 Å². The predicted octanol–water partition coefficient (Wildman–Crippen LogP) is 2.68. The van der Waals surface area contributed by atoms with Crippen LogP contribution in [-0.4, -0.2) is 30.4 Å². The lowest BCUT2D eigenvalue weighted by Gasteiger charge is -2.32. The summed E-state index contributed by atoms with van der Waals surface area (Å²) >= 11 is 5.82. The lowest BCUT2D eigenvalue weighted by atomic mass is 9.94. The monoisotopic (exact) mass is 284 g/mol. The summed E-state index contributed by atoms with van der Waals surface area (Å²) in [4.78, 5) is 14.0. The van der Waals surface area contributed by atoms with Crippen molar-refractivity contribution in [3.63, 3.8) is 0 Å². The fraction of sp³-hybridized carbons (Fsp3) is 0.500. The number of hydrogen-bond donors (Lipinski definition) is 1. The summed E-state index contributed by atoms with van der Waals surface area (Å²) in [6, 6.07) is 4.07. The summed E-state index contributed by atoms with van der Waals surface area (Å²) in [6.45, 7) is 1.95. The minimum atomic E-state index is -0.518. The third-order valence-corrected chi connectivity index (χ3v) is 3.78. The maximum Gasteiger partial charge on any atom is 0.256 e. The summed E-state index contributed by atoms with van der Waals surface area (Å²) in [5, 5.41) is 0.375. The van der Waals surface area contributed by atoms with Crippen LogP contribution in [0.1, 0.15) is 29.6 Å². The quantitative estimate of drug-likeness (QED) is 0.927. The summed E-state index contributed by atoms with van der Waals surface area (Å²) in [5.74, 6) is -0.373. The zero-order valence-corrected chi connectivity index (χ0v) is 11.5. The second-order valence-corrected chi connectivity index (χ2v) is 5.40. The number of halogens is 2. The van der Waals surface area contributed by atoms with E-state index in [-0.39, 0.29) is 11.5 Å². The average Bonchev–Trinajstić information content (AvgIpc) is 2.41. The lowest BCUT2D eigenvalue weighted by Crippen LogP contribution is -2.40. The maximum atomic E-state index is 13.7. The van der Waals surface area contributed by atoms with Gasteiger partial charge >= 0.3 is 0 Å². The van der Waals surface area contributed by atoms with E-state index in [4.69, 9.17) is 17.3 Å². The van der Waals surface area contributed by atoms with Crippen molar-refractivity contribution in [1.82, 2.24) is 4.90 Å². The topological polar surface area (TPSA) is 46.3 Å². The van der Waals surface area contributed by atoms with Crippen molar-refractivity contribution in [2.75, 3.05) is 19.6 Å². The molecule has 1 aliphatic heterocycles. The average molecular weight is 285 g/mol. The van der Waals surface area contributed by atoms with Crippen molar-refractivity contribution >= 4 is 17.5 Å². The van der Waals surface area contributed by atoms with Gasteiger partial charge in [-0.3, -0.25) is 4.79 Å². The minimum Gasteiger partial charge on any atom is -0.338 e. The van der Waals surface area contributed by atoms with E-state index < -0.39 is 5.82 Å². The van der Waals surface area contributed by atoms with Gasteiger partial charge in [-0.2, -0.15) is 0 Å². The molecule has 5 heteroatoms. The van der Waals surface area contributed by atoms with Crippen molar-refractivity contribution < 1.29 is 9.18 Å². The summed E-state index contributed by atoms with van der Waals surface area (Å²) < 4.78 is 13.7. The molecule has 19 heavy (non-hydrogen) atoms. The number of amides is 1. The molecule has 1 amide bonds. The second-order valence-electron chi connectivity index (χ2n) is 4.96. The Bertz CT molecular complexity index is 465. The van der Waals surface area contributed by atoms with Crippen LogP contribution in [0.25, 0.3) is 0 Å². The van der Waals surface area contributed by atoms with Gasteiger partial charge in [-0.15, -0.1) is 0 Å². The first-order valence-electron chi connectivity index (χ1n) is 6.56. The molecule has 2 N–H and O–H groups in total. The van der Waals surface area contributed by atoms with Crippen LogP contribution in [0.3, 0.4) is 0 Å². The molecule has 1 heterocycles. The van der Waals surface area contributed by atoms with E-state index in [1.165, 1.54) is 18.2 Å². The number of benzene rings is 1. The van der Waals surface area contributed by atoms with Gasteiger partial charge in [0.1, 0.15) is 5.82 Å². The molecule has 0 spiro atoms. The van der Waals surface area contributed by atoms with E-state index in [0.29, 0.717) is 30.6 Å². The van der Waals surface area contributed by atoms with Gasteiger partial charge in [-0.05, 0) is 49.9 Å². The predicted molar refractivity (Wildman–Crippen MR) is 73.7 cm³/mol. The van der Waals surface area contributed by atoms with Crippen molar-refractivity contribution in [2.45, 2.75) is 19.3 Å². The molecule has 0 aromatic heterocycles. The molecule has 104 valence electrons. The first kappa shape index (κ1) is 14.3. The number of piperidine rings is 1. The SMILES string of the molecule is NCCC1CCCN(C(=O)c2cc(Cl)ccc2F)C1. The molecule has 0 bridgehead atoms. The Balaban J connectivity index is 2.12. The van der Waals surface area contributed by atoms with Crippen LogP contribution in [-0.2, 0) is 0 Å². The summed E-state index contributed by atoms with van der Waals surface area (Å²) in [6.07, 6.45) is 2.93. The molecule has 1 atom stereocenters. The molecule has 0 aliphatic carbocycles. The van der Waals surface area contributed by atoms with Crippen molar-refractivity contribution in [3.05, 3.63) is 34.6 Å². The van der Waals surface area contributed by atoms with Gasteiger partial charge in [0.2, 0.25) is 0 Å². The van der Waals surface area contributed by atoms with E-state index in [0.717, 1.165) is 19.3 Å². The van der Waals surface area contributed by atoms with Crippen LogP contribution in [0, 0.1) is 11.7 Å². The van der Waals surface area contributed by atoms with Gasteiger partial charge in [0, 0.05) is 18.1 Å². The molecule has 2 rings (SSSR count). The molecule has 1 aromatic rings. The number of nitrogens with zero attached hydrogens (tertiary/aromatic N) is 1. The second kappa shape index (κ2) is 6.35. The van der Waals surface area contributed by atoms with Crippen LogP contribution in [0.2, 0.25) is 5.02 Å². The normalized spacial score (nSPS) is 19.5. The van der Waals surface area contributed by atoms with E-state index in [1.54, 1.807) is 4.90 Å². The number of likely N-dealkylation sites (tertiary alicyclic amines) is 1. The van der Waals surface area contributed by atoms with Gasteiger partial charge < -0.3 is 10.6 Å². The Morgan fingerprint density at radius 1 is 1.53 bits per heavy atom. The van der Waals surface area contributed by atoms with Crippen LogP contribution in [0.4, 0.5) is 4.39 Å². The highest BCUT2D eigenvalue weighted by Gasteiger charge is 2.25. The van der Waals surface area contributed by atoms with Crippen molar-refractivity contribution in [3.8, 4) is 0 Å². The standard InChI is InChI=1S/C14H18ClFN2O/c15-11-3-4-13(16)12(8-11)14(19)18-7-1-2-10(9-18)5-6-17/h3-4,8,10H,1-2,5-7,9,17H2. The Labute approximate surface area is 117 Å². The van der Waals surface area contributed by atoms with Gasteiger partial charge in [-0.25, -0.2) is 4.39 Å². The largest absolute Gasteiger partial charge is 0.338 e. The molecule has 1 aromatic carbocycles. The fourth-order valence-corrected chi connectivity index (χ4v) is 2.72. The highest BCUT2D eigenvalue weighted by Crippen LogP contribution is 2.23. The van der Waals surface area contributed by atoms with Crippen LogP contribution in [0.5, 0.6) is 0 Å². The molecule has 1 aliphatic rings. The van der Waals surface area contributed by atoms with Crippen molar-refractivity contribution in [1.29, 1.82) is 0 Å². The number of carbonyl (C=O) groups is 1. The van der Waals surface area contributed by atoms with Crippen molar-refractivity contribution in [2.24, 2.45) is 11.7 Å². The molecule has 3 nitrogen and oxygen atoms in total. The lowest BCUT2D eigenvalue weighted by molar-refractivity contribution is 0.0665. The molecule has 1 fully saturated rings. The highest BCUT2D eigenvalue weighted by molar-refractivity contribution is 6.31. The third kappa shape index (κ3) is 3.45. The zero-order valence-electron chi connectivity index (χ0n) is 10.7. The zero-order chi connectivity index (χ0) is 13.8.